The van der Waals surface area contributed by atoms with E-state index in [-0.39, 0.29) is 5.54 Å². The summed E-state index contributed by atoms with van der Waals surface area (Å²) in [6.45, 7) is 11.5. The monoisotopic (exact) mass is 519 g/mol. The third-order valence-corrected chi connectivity index (χ3v) is 8.26. The molecule has 0 radical (unpaired) electrons. The second-order valence-electron chi connectivity index (χ2n) is 10.8. The molecule has 1 N–H and O–H groups in total. The number of nitrogens with one attached hydrogen (secondary N) is 1. The van der Waals surface area contributed by atoms with Gasteiger partial charge in [0, 0.05) is 46.4 Å². The van der Waals surface area contributed by atoms with E-state index in [2.05, 4.69) is 63.1 Å². The lowest BCUT2D eigenvalue weighted by atomic mass is 9.87. The van der Waals surface area contributed by atoms with Gasteiger partial charge in [-0.2, -0.15) is 20.4 Å². The first-order valence-electron chi connectivity index (χ1n) is 12.5. The minimum absolute atomic E-state index is 0.372. The Kier molecular flexibility index (Phi) is 6.70. The summed E-state index contributed by atoms with van der Waals surface area (Å²) in [5, 5.41) is 26.2. The highest BCUT2D eigenvalue weighted by Gasteiger charge is 2.46. The normalized spacial score (nSPS) is 15.1. The minimum Gasteiger partial charge on any atom is -0.360 e. The average Bonchev–Trinajstić information content (AvgIpc) is 3.58. The number of rotatable bonds is 11. The van der Waals surface area contributed by atoms with Crippen molar-refractivity contribution in [2.45, 2.75) is 57.7 Å². The van der Waals surface area contributed by atoms with E-state index in [0.717, 1.165) is 36.1 Å². The number of nitriles is 1. The highest BCUT2D eigenvalue weighted by Crippen LogP contribution is 2.36. The van der Waals surface area contributed by atoms with Gasteiger partial charge in [-0.25, -0.2) is 14.2 Å². The fourth-order valence-corrected chi connectivity index (χ4v) is 5.10. The molecule has 13 heteroatoms. The lowest BCUT2D eigenvalue weighted by Crippen LogP contribution is -2.63. The smallest absolute Gasteiger partial charge is 0.247 e. The van der Waals surface area contributed by atoms with Crippen LogP contribution in [-0.4, -0.2) is 66.9 Å². The van der Waals surface area contributed by atoms with Crippen LogP contribution in [0.15, 0.2) is 37.2 Å². The fourth-order valence-electron chi connectivity index (χ4n) is 4.35. The van der Waals surface area contributed by atoms with Crippen LogP contribution in [0, 0.1) is 11.3 Å². The van der Waals surface area contributed by atoms with E-state index in [1.54, 1.807) is 27.8 Å². The number of hydrogen-bond acceptors (Lipinski definition) is 9. The van der Waals surface area contributed by atoms with E-state index < -0.39 is 8.07 Å². The van der Waals surface area contributed by atoms with Gasteiger partial charge >= 0.3 is 0 Å². The summed E-state index contributed by atoms with van der Waals surface area (Å²) < 4.78 is 11.2. The van der Waals surface area contributed by atoms with Gasteiger partial charge in [0.25, 0.3) is 0 Å². The van der Waals surface area contributed by atoms with Gasteiger partial charge in [-0.05, 0) is 18.0 Å². The Bertz CT molecular complexity index is 1400. The first kappa shape index (κ1) is 24.9. The van der Waals surface area contributed by atoms with Crippen molar-refractivity contribution in [2.24, 2.45) is 0 Å². The van der Waals surface area contributed by atoms with E-state index in [0.29, 0.717) is 37.8 Å². The van der Waals surface area contributed by atoms with Crippen LogP contribution >= 0.6 is 0 Å². The maximum atomic E-state index is 9.49. The Hall–Kier alpha value is -3.76. The van der Waals surface area contributed by atoms with Crippen LogP contribution in [0.4, 0.5) is 17.5 Å². The molecular weight excluding hydrogens is 486 g/mol. The molecule has 4 aromatic heterocycles. The topological polar surface area (TPSA) is 127 Å². The SMILES string of the molecule is CCc1cnn(C2(CC#N)CN(c3nccn4nc(Nc5cnn(COCC[Si](C)(C)C)c5)nc34)C2)c1. The number of nitrogens with zero attached hydrogens (tertiary/aromatic N) is 10. The van der Waals surface area contributed by atoms with Crippen molar-refractivity contribution < 1.29 is 4.74 Å². The molecule has 0 aromatic carbocycles. The van der Waals surface area contributed by atoms with Crippen LogP contribution in [0.5, 0.6) is 0 Å². The molecule has 4 aromatic rings. The first-order chi connectivity index (χ1) is 17.8. The summed E-state index contributed by atoms with van der Waals surface area (Å²) in [6.07, 6.45) is 12.3. The Morgan fingerprint density at radius 3 is 2.76 bits per heavy atom. The standard InChI is InChI=1S/C24H33N11OSi/c1-5-19-12-28-35(14-19)24(6-7-25)16-32(17-24)21-22-30-23(31-34(22)9-8-26-21)29-20-13-27-33(15-20)18-36-10-11-37(2,3)4/h8-9,12-15H,5-6,10-11,16-18H2,1-4H3,(H,29,31). The molecule has 0 amide bonds. The maximum Gasteiger partial charge on any atom is 0.247 e. The Labute approximate surface area is 216 Å². The average molecular weight is 520 g/mol. The molecule has 194 valence electrons. The number of hydrogen-bond donors (Lipinski definition) is 1. The lowest BCUT2D eigenvalue weighted by Gasteiger charge is -2.49. The van der Waals surface area contributed by atoms with E-state index in [1.165, 1.54) is 0 Å². The van der Waals surface area contributed by atoms with Crippen molar-refractivity contribution in [3.8, 4) is 6.07 Å². The quantitative estimate of drug-likeness (QED) is 0.235. The molecule has 37 heavy (non-hydrogen) atoms. The Morgan fingerprint density at radius 1 is 1.19 bits per heavy atom. The molecule has 0 saturated carbocycles. The second-order valence-corrected chi connectivity index (χ2v) is 16.4. The van der Waals surface area contributed by atoms with Crippen LogP contribution in [0.2, 0.25) is 25.7 Å². The second kappa shape index (κ2) is 9.95. The van der Waals surface area contributed by atoms with Crippen LogP contribution < -0.4 is 10.2 Å². The van der Waals surface area contributed by atoms with Gasteiger partial charge in [0.15, 0.2) is 11.5 Å². The summed E-state index contributed by atoms with van der Waals surface area (Å²) in [5.74, 6) is 1.18. The molecule has 1 fully saturated rings. The van der Waals surface area contributed by atoms with Gasteiger partial charge in [0.1, 0.15) is 12.3 Å². The largest absolute Gasteiger partial charge is 0.360 e. The summed E-state index contributed by atoms with van der Waals surface area (Å²) >= 11 is 0. The van der Waals surface area contributed by atoms with Gasteiger partial charge in [0.2, 0.25) is 5.95 Å². The van der Waals surface area contributed by atoms with Gasteiger partial charge < -0.3 is 15.0 Å². The fraction of sp³-hybridized carbons (Fsp3) is 0.500. The highest BCUT2D eigenvalue weighted by molar-refractivity contribution is 6.76. The lowest BCUT2D eigenvalue weighted by molar-refractivity contribution is 0.0786. The van der Waals surface area contributed by atoms with Crippen LogP contribution in [0.1, 0.15) is 18.9 Å². The van der Waals surface area contributed by atoms with E-state index in [4.69, 9.17) is 9.72 Å². The molecule has 5 rings (SSSR count). The van der Waals surface area contributed by atoms with E-state index in [1.807, 2.05) is 23.3 Å². The predicted molar refractivity (Wildman–Crippen MR) is 142 cm³/mol. The number of fused-ring (bicyclic) bond motifs is 1. The summed E-state index contributed by atoms with van der Waals surface area (Å²) in [4.78, 5) is 11.4. The zero-order valence-corrected chi connectivity index (χ0v) is 22.8. The first-order valence-corrected chi connectivity index (χ1v) is 16.2. The Balaban J connectivity index is 1.26. The summed E-state index contributed by atoms with van der Waals surface area (Å²) in [5.41, 5.74) is 2.21. The molecule has 1 aliphatic rings. The molecule has 12 nitrogen and oxygen atoms in total. The number of anilines is 3. The predicted octanol–water partition coefficient (Wildman–Crippen LogP) is 3.26. The van der Waals surface area contributed by atoms with Gasteiger partial charge in [-0.1, -0.05) is 26.6 Å². The molecule has 0 unspecified atom stereocenters. The molecule has 5 heterocycles. The van der Waals surface area contributed by atoms with Crippen molar-refractivity contribution >= 4 is 31.2 Å². The van der Waals surface area contributed by atoms with Crippen LogP contribution in [0.3, 0.4) is 0 Å². The molecule has 0 spiro atoms. The zero-order chi connectivity index (χ0) is 26.0. The maximum absolute atomic E-state index is 9.49. The van der Waals surface area contributed by atoms with Crippen molar-refractivity contribution in [3.63, 3.8) is 0 Å². The molecule has 1 saturated heterocycles. The van der Waals surface area contributed by atoms with E-state index in [9.17, 15) is 5.26 Å². The molecule has 0 aliphatic carbocycles. The molecule has 0 bridgehead atoms. The van der Waals surface area contributed by atoms with Crippen molar-refractivity contribution in [3.05, 3.63) is 42.7 Å². The summed E-state index contributed by atoms with van der Waals surface area (Å²) in [7, 11) is -1.11. The molecule has 0 atom stereocenters. The van der Waals surface area contributed by atoms with Crippen LogP contribution in [0.25, 0.3) is 5.65 Å². The van der Waals surface area contributed by atoms with Crippen molar-refractivity contribution in [1.29, 1.82) is 5.26 Å². The molecular formula is C24H33N11OSi. The van der Waals surface area contributed by atoms with Crippen molar-refractivity contribution in [1.82, 2.24) is 39.1 Å². The van der Waals surface area contributed by atoms with Gasteiger partial charge in [0.05, 0.1) is 36.8 Å². The zero-order valence-electron chi connectivity index (χ0n) is 21.8. The minimum atomic E-state index is -1.11. The van der Waals surface area contributed by atoms with Crippen LogP contribution in [-0.2, 0) is 23.4 Å². The van der Waals surface area contributed by atoms with E-state index >= 15 is 0 Å². The number of aryl methyl sites for hydroxylation is 1. The third-order valence-electron chi connectivity index (χ3n) is 6.55. The van der Waals surface area contributed by atoms with Gasteiger partial charge in [-0.15, -0.1) is 5.10 Å². The van der Waals surface area contributed by atoms with Crippen molar-refractivity contribution in [2.75, 3.05) is 29.9 Å². The number of aromatic nitrogens is 8. The highest BCUT2D eigenvalue weighted by atomic mass is 28.3. The molecule has 1 aliphatic heterocycles. The third kappa shape index (κ3) is 5.35. The van der Waals surface area contributed by atoms with Gasteiger partial charge in [-0.3, -0.25) is 4.68 Å². The number of ether oxygens (including phenoxy) is 1. The summed E-state index contributed by atoms with van der Waals surface area (Å²) in [6, 6.07) is 3.46. The Morgan fingerprint density at radius 2 is 2.03 bits per heavy atom.